The number of likely N-dealkylation sites (tertiary alicyclic amines) is 1. The fourth-order valence-corrected chi connectivity index (χ4v) is 3.93. The normalized spacial score (nSPS) is 41.5. The Balaban J connectivity index is 1.74. The lowest BCUT2D eigenvalue weighted by molar-refractivity contribution is -0.149. The van der Waals surface area contributed by atoms with E-state index >= 15 is 0 Å². The van der Waals surface area contributed by atoms with E-state index in [1.165, 1.54) is 4.90 Å². The lowest BCUT2D eigenvalue weighted by Gasteiger charge is -2.27. The van der Waals surface area contributed by atoms with Crippen LogP contribution < -0.4 is 5.32 Å². The molecule has 2 saturated heterocycles. The van der Waals surface area contributed by atoms with Gasteiger partial charge in [-0.1, -0.05) is 6.42 Å². The van der Waals surface area contributed by atoms with Crippen LogP contribution in [0.2, 0.25) is 0 Å². The SMILES string of the molecule is O=C(O)[C@@H]1C[C@@H](O)CN1C(=O)C1NCC2CCCC21. The van der Waals surface area contributed by atoms with Crippen molar-refractivity contribution in [2.45, 2.75) is 43.9 Å². The summed E-state index contributed by atoms with van der Waals surface area (Å²) in [5.41, 5.74) is 0. The number of hydrogen-bond donors (Lipinski definition) is 3. The van der Waals surface area contributed by atoms with Crippen LogP contribution >= 0.6 is 0 Å². The number of aliphatic hydroxyl groups excluding tert-OH is 1. The summed E-state index contributed by atoms with van der Waals surface area (Å²) < 4.78 is 0. The lowest BCUT2D eigenvalue weighted by atomic mass is 9.93. The second kappa shape index (κ2) is 4.76. The minimum Gasteiger partial charge on any atom is -0.480 e. The first-order valence-corrected chi connectivity index (χ1v) is 7.02. The van der Waals surface area contributed by atoms with Crippen molar-refractivity contribution in [1.82, 2.24) is 10.2 Å². The third kappa shape index (κ3) is 2.12. The van der Waals surface area contributed by atoms with Crippen LogP contribution in [0.1, 0.15) is 25.7 Å². The summed E-state index contributed by atoms with van der Waals surface area (Å²) in [5.74, 6) is -0.256. The van der Waals surface area contributed by atoms with Crippen LogP contribution in [-0.2, 0) is 9.59 Å². The molecule has 5 atom stereocenters. The number of rotatable bonds is 2. The zero-order chi connectivity index (χ0) is 13.6. The molecule has 1 aliphatic carbocycles. The monoisotopic (exact) mass is 268 g/mol. The topological polar surface area (TPSA) is 89.9 Å². The highest BCUT2D eigenvalue weighted by Crippen LogP contribution is 2.38. The predicted octanol–water partition coefficient (Wildman–Crippen LogP) is -0.579. The van der Waals surface area contributed by atoms with Gasteiger partial charge in [-0.2, -0.15) is 0 Å². The summed E-state index contributed by atoms with van der Waals surface area (Å²) in [6, 6.07) is -1.12. The van der Waals surface area contributed by atoms with E-state index in [9.17, 15) is 14.7 Å². The molecule has 0 aromatic heterocycles. The van der Waals surface area contributed by atoms with Gasteiger partial charge in [-0.15, -0.1) is 0 Å². The van der Waals surface area contributed by atoms with Gasteiger partial charge in [0.2, 0.25) is 5.91 Å². The van der Waals surface area contributed by atoms with Crippen molar-refractivity contribution in [3.8, 4) is 0 Å². The number of aliphatic carboxylic acids is 1. The van der Waals surface area contributed by atoms with Crippen LogP contribution in [0, 0.1) is 11.8 Å². The number of aliphatic hydroxyl groups is 1. The molecule has 2 aliphatic heterocycles. The van der Waals surface area contributed by atoms with E-state index in [4.69, 9.17) is 5.11 Å². The number of carboxylic acid groups (broad SMARTS) is 1. The Morgan fingerprint density at radius 2 is 2.05 bits per heavy atom. The average molecular weight is 268 g/mol. The van der Waals surface area contributed by atoms with Gasteiger partial charge in [-0.25, -0.2) is 4.79 Å². The van der Waals surface area contributed by atoms with Crippen LogP contribution in [0.15, 0.2) is 0 Å². The third-order valence-electron chi connectivity index (χ3n) is 4.86. The molecule has 0 aromatic rings. The zero-order valence-electron chi connectivity index (χ0n) is 10.8. The van der Waals surface area contributed by atoms with Crippen molar-refractivity contribution in [2.75, 3.05) is 13.1 Å². The first kappa shape index (κ1) is 12.9. The van der Waals surface area contributed by atoms with E-state index in [-0.39, 0.29) is 24.9 Å². The molecule has 1 amide bonds. The second-order valence-electron chi connectivity index (χ2n) is 5.97. The van der Waals surface area contributed by atoms with E-state index in [0.29, 0.717) is 11.8 Å². The van der Waals surface area contributed by atoms with Gasteiger partial charge in [0.25, 0.3) is 0 Å². The van der Waals surface area contributed by atoms with Crippen LogP contribution in [-0.4, -0.2) is 58.3 Å². The fraction of sp³-hybridized carbons (Fsp3) is 0.846. The van der Waals surface area contributed by atoms with Crippen LogP contribution in [0.25, 0.3) is 0 Å². The van der Waals surface area contributed by atoms with Gasteiger partial charge >= 0.3 is 5.97 Å². The Bertz CT molecular complexity index is 400. The van der Waals surface area contributed by atoms with Gasteiger partial charge in [-0.3, -0.25) is 4.79 Å². The minimum atomic E-state index is -1.02. The maximum atomic E-state index is 12.5. The number of amides is 1. The number of nitrogens with one attached hydrogen (secondary N) is 1. The van der Waals surface area contributed by atoms with E-state index < -0.39 is 18.1 Å². The van der Waals surface area contributed by atoms with Crippen LogP contribution in [0.3, 0.4) is 0 Å². The predicted molar refractivity (Wildman–Crippen MR) is 66.4 cm³/mol. The molecule has 19 heavy (non-hydrogen) atoms. The Kier molecular flexibility index (Phi) is 3.22. The molecule has 0 aromatic carbocycles. The molecule has 1 saturated carbocycles. The lowest BCUT2D eigenvalue weighted by Crippen LogP contribution is -2.50. The van der Waals surface area contributed by atoms with Crippen molar-refractivity contribution in [1.29, 1.82) is 0 Å². The summed E-state index contributed by atoms with van der Waals surface area (Å²) in [6.45, 7) is 1.00. The van der Waals surface area contributed by atoms with E-state index in [2.05, 4.69) is 5.32 Å². The van der Waals surface area contributed by atoms with Crippen molar-refractivity contribution in [2.24, 2.45) is 11.8 Å². The molecule has 3 unspecified atom stereocenters. The zero-order valence-corrected chi connectivity index (χ0v) is 10.8. The van der Waals surface area contributed by atoms with Gasteiger partial charge in [0.1, 0.15) is 6.04 Å². The molecular weight excluding hydrogens is 248 g/mol. The largest absolute Gasteiger partial charge is 0.480 e. The molecule has 0 bridgehead atoms. The molecule has 0 spiro atoms. The summed E-state index contributed by atoms with van der Waals surface area (Å²) >= 11 is 0. The maximum Gasteiger partial charge on any atom is 0.326 e. The van der Waals surface area contributed by atoms with Gasteiger partial charge in [0.05, 0.1) is 12.1 Å². The fourth-order valence-electron chi connectivity index (χ4n) is 3.93. The minimum absolute atomic E-state index is 0.140. The summed E-state index contributed by atoms with van der Waals surface area (Å²) in [5, 5.41) is 22.0. The number of nitrogens with zero attached hydrogens (tertiary/aromatic N) is 1. The van der Waals surface area contributed by atoms with Crippen molar-refractivity contribution in [3.05, 3.63) is 0 Å². The standard InChI is InChI=1S/C13H20N2O4/c16-8-4-10(13(18)19)15(6-8)12(17)11-9-3-1-2-7(9)5-14-11/h7-11,14,16H,1-6H2,(H,18,19)/t7?,8-,9?,10+,11?/m1/s1. The molecule has 3 rings (SSSR count). The molecule has 3 aliphatic rings. The first-order valence-electron chi connectivity index (χ1n) is 7.02. The Morgan fingerprint density at radius 1 is 1.26 bits per heavy atom. The Morgan fingerprint density at radius 3 is 2.79 bits per heavy atom. The van der Waals surface area contributed by atoms with Gasteiger partial charge in [0, 0.05) is 13.0 Å². The van der Waals surface area contributed by atoms with E-state index in [1.54, 1.807) is 0 Å². The van der Waals surface area contributed by atoms with Crippen molar-refractivity contribution in [3.63, 3.8) is 0 Å². The molecule has 106 valence electrons. The molecule has 6 heteroatoms. The van der Waals surface area contributed by atoms with Crippen LogP contribution in [0.4, 0.5) is 0 Å². The Labute approximate surface area is 111 Å². The highest BCUT2D eigenvalue weighted by atomic mass is 16.4. The number of fused-ring (bicyclic) bond motifs is 1. The number of carboxylic acids is 1. The average Bonchev–Trinajstić information content (AvgIpc) is 3.00. The first-order chi connectivity index (χ1) is 9.08. The molecule has 3 N–H and O–H groups in total. The van der Waals surface area contributed by atoms with E-state index in [1.807, 2.05) is 0 Å². The Hall–Kier alpha value is -1.14. The summed E-state index contributed by atoms with van der Waals surface area (Å²) in [4.78, 5) is 25.1. The second-order valence-corrected chi connectivity index (χ2v) is 5.97. The number of β-amino-alcohol motifs (C(OH)–C–C–N with tert-alkyl or cyclic N) is 1. The molecule has 3 fully saturated rings. The van der Waals surface area contributed by atoms with Crippen molar-refractivity contribution >= 4 is 11.9 Å². The number of carbonyl (C=O) groups is 2. The maximum absolute atomic E-state index is 12.5. The van der Waals surface area contributed by atoms with Crippen LogP contribution in [0.5, 0.6) is 0 Å². The van der Waals surface area contributed by atoms with Gasteiger partial charge in [-0.05, 0) is 31.2 Å². The highest BCUT2D eigenvalue weighted by Gasteiger charge is 2.47. The quantitative estimate of drug-likeness (QED) is 0.623. The molecular formula is C13H20N2O4. The van der Waals surface area contributed by atoms with Crippen molar-refractivity contribution < 1.29 is 19.8 Å². The number of carbonyl (C=O) groups excluding carboxylic acids is 1. The summed E-state index contributed by atoms with van der Waals surface area (Å²) in [7, 11) is 0. The molecule has 2 heterocycles. The van der Waals surface area contributed by atoms with Gasteiger partial charge < -0.3 is 20.4 Å². The van der Waals surface area contributed by atoms with E-state index in [0.717, 1.165) is 25.8 Å². The third-order valence-corrected chi connectivity index (χ3v) is 4.86. The number of hydrogen-bond acceptors (Lipinski definition) is 4. The smallest absolute Gasteiger partial charge is 0.326 e. The summed E-state index contributed by atoms with van der Waals surface area (Å²) in [6.07, 6.45) is 2.79. The van der Waals surface area contributed by atoms with Gasteiger partial charge in [0.15, 0.2) is 0 Å². The highest BCUT2D eigenvalue weighted by molar-refractivity contribution is 5.88. The molecule has 0 radical (unpaired) electrons. The molecule has 6 nitrogen and oxygen atoms in total.